The summed E-state index contributed by atoms with van der Waals surface area (Å²) in [6.45, 7) is 2.21. The predicted octanol–water partition coefficient (Wildman–Crippen LogP) is 1.46. The number of hydrogen-bond acceptors (Lipinski definition) is 3. The monoisotopic (exact) mass is 255 g/mol. The maximum Gasteiger partial charge on any atom is 0.299 e. The minimum atomic E-state index is -0.483. The number of fused-ring (bicyclic) bond motifs is 1. The summed E-state index contributed by atoms with van der Waals surface area (Å²) in [6.07, 6.45) is 3.49. The topological polar surface area (TPSA) is 55.2 Å². The number of carbonyl (C=O) groups excluding carboxylic acids is 2. The molecule has 96 valence electrons. The molecule has 1 aliphatic heterocycles. The van der Waals surface area contributed by atoms with E-state index in [4.69, 9.17) is 0 Å². The second-order valence-electron chi connectivity index (χ2n) is 4.70. The summed E-state index contributed by atoms with van der Waals surface area (Å²) in [5.41, 5.74) is 2.13. The molecule has 0 fully saturated rings. The van der Waals surface area contributed by atoms with Gasteiger partial charge < -0.3 is 4.57 Å². The van der Waals surface area contributed by atoms with Gasteiger partial charge in [0.1, 0.15) is 5.82 Å². The minimum Gasteiger partial charge on any atom is -0.337 e. The fourth-order valence-electron chi connectivity index (χ4n) is 2.26. The third kappa shape index (κ3) is 1.74. The average Bonchev–Trinajstić information content (AvgIpc) is 2.88. The predicted molar refractivity (Wildman–Crippen MR) is 69.9 cm³/mol. The van der Waals surface area contributed by atoms with Gasteiger partial charge in [-0.15, -0.1) is 0 Å². The molecular weight excluding hydrogens is 242 g/mol. The van der Waals surface area contributed by atoms with Crippen LogP contribution in [0.1, 0.15) is 21.7 Å². The Morgan fingerprint density at radius 1 is 1.26 bits per heavy atom. The van der Waals surface area contributed by atoms with Crippen molar-refractivity contribution >= 4 is 17.4 Å². The van der Waals surface area contributed by atoms with Gasteiger partial charge in [0.25, 0.3) is 11.7 Å². The summed E-state index contributed by atoms with van der Waals surface area (Å²) >= 11 is 0. The summed E-state index contributed by atoms with van der Waals surface area (Å²) in [7, 11) is 1.86. The van der Waals surface area contributed by atoms with E-state index < -0.39 is 11.7 Å². The van der Waals surface area contributed by atoms with Gasteiger partial charge >= 0.3 is 0 Å². The van der Waals surface area contributed by atoms with E-state index in [1.54, 1.807) is 12.3 Å². The number of amides is 1. The van der Waals surface area contributed by atoms with Gasteiger partial charge in [-0.05, 0) is 19.1 Å². The van der Waals surface area contributed by atoms with Crippen LogP contribution in [0.3, 0.4) is 0 Å². The number of carbonyl (C=O) groups is 2. The maximum absolute atomic E-state index is 12.1. The first kappa shape index (κ1) is 11.6. The summed E-state index contributed by atoms with van der Waals surface area (Å²) in [5, 5.41) is 0. The third-order valence-corrected chi connectivity index (χ3v) is 3.35. The molecule has 0 saturated heterocycles. The number of Topliss-reactive ketones (excluding diaryl/α,β-unsaturated/α-hetero) is 1. The molecule has 0 N–H and O–H groups in total. The van der Waals surface area contributed by atoms with Crippen LogP contribution < -0.4 is 4.90 Å². The van der Waals surface area contributed by atoms with E-state index in [1.807, 2.05) is 36.9 Å². The highest BCUT2D eigenvalue weighted by Crippen LogP contribution is 2.30. The number of aromatic nitrogens is 2. The van der Waals surface area contributed by atoms with Crippen molar-refractivity contribution < 1.29 is 9.59 Å². The van der Waals surface area contributed by atoms with E-state index in [0.29, 0.717) is 17.8 Å². The van der Waals surface area contributed by atoms with Gasteiger partial charge in [0.05, 0.1) is 17.8 Å². The van der Waals surface area contributed by atoms with Gasteiger partial charge in [-0.2, -0.15) is 0 Å². The lowest BCUT2D eigenvalue weighted by molar-refractivity contribution is -0.114. The van der Waals surface area contributed by atoms with Crippen molar-refractivity contribution in [3.8, 4) is 0 Å². The molecule has 3 rings (SSSR count). The molecule has 1 aromatic carbocycles. The van der Waals surface area contributed by atoms with E-state index in [1.165, 1.54) is 4.90 Å². The van der Waals surface area contributed by atoms with E-state index in [2.05, 4.69) is 4.98 Å². The van der Waals surface area contributed by atoms with Gasteiger partial charge in [-0.3, -0.25) is 14.5 Å². The van der Waals surface area contributed by atoms with E-state index in [-0.39, 0.29) is 0 Å². The Hall–Kier alpha value is -2.43. The molecule has 1 aliphatic rings. The zero-order valence-corrected chi connectivity index (χ0v) is 10.8. The SMILES string of the molecule is Cc1ccc2c(c1)C(=O)C(=O)N2Cc1nccn1C. The number of hydrogen-bond donors (Lipinski definition) is 0. The zero-order chi connectivity index (χ0) is 13.6. The number of ketones is 1. The highest BCUT2D eigenvalue weighted by molar-refractivity contribution is 6.52. The molecule has 2 heterocycles. The second-order valence-corrected chi connectivity index (χ2v) is 4.70. The molecule has 0 spiro atoms. The van der Waals surface area contributed by atoms with Crippen molar-refractivity contribution in [1.82, 2.24) is 9.55 Å². The van der Waals surface area contributed by atoms with Crippen molar-refractivity contribution in [2.75, 3.05) is 4.90 Å². The van der Waals surface area contributed by atoms with Crippen molar-refractivity contribution in [2.24, 2.45) is 7.05 Å². The van der Waals surface area contributed by atoms with Crippen LogP contribution >= 0.6 is 0 Å². The lowest BCUT2D eigenvalue weighted by Crippen LogP contribution is -2.30. The standard InChI is InChI=1S/C14H13N3O2/c1-9-3-4-11-10(7-9)13(18)14(19)17(11)8-12-15-5-6-16(12)2/h3-7H,8H2,1-2H3. The maximum atomic E-state index is 12.1. The Kier molecular flexibility index (Phi) is 2.48. The fourth-order valence-corrected chi connectivity index (χ4v) is 2.26. The largest absolute Gasteiger partial charge is 0.337 e. The molecule has 0 radical (unpaired) electrons. The Labute approximate surface area is 110 Å². The van der Waals surface area contributed by atoms with E-state index >= 15 is 0 Å². The van der Waals surface area contributed by atoms with Gasteiger partial charge in [0.2, 0.25) is 0 Å². The average molecular weight is 255 g/mol. The first-order valence-electron chi connectivity index (χ1n) is 6.01. The Morgan fingerprint density at radius 2 is 2.05 bits per heavy atom. The quantitative estimate of drug-likeness (QED) is 0.763. The number of nitrogens with zero attached hydrogens (tertiary/aromatic N) is 3. The molecule has 0 atom stereocenters. The molecule has 1 amide bonds. The normalized spacial score (nSPS) is 14.1. The van der Waals surface area contributed by atoms with Crippen molar-refractivity contribution in [2.45, 2.75) is 13.5 Å². The summed E-state index contributed by atoms with van der Waals surface area (Å²) in [5.74, 6) is -0.175. The van der Waals surface area contributed by atoms with Crippen LogP contribution in [-0.4, -0.2) is 21.2 Å². The highest BCUT2D eigenvalue weighted by atomic mass is 16.2. The van der Waals surface area contributed by atoms with E-state index in [9.17, 15) is 9.59 Å². The van der Waals surface area contributed by atoms with Crippen molar-refractivity contribution in [3.63, 3.8) is 0 Å². The molecule has 0 unspecified atom stereocenters. The van der Waals surface area contributed by atoms with Crippen LogP contribution in [0.5, 0.6) is 0 Å². The number of anilines is 1. The molecule has 0 aliphatic carbocycles. The lowest BCUT2D eigenvalue weighted by Gasteiger charge is -2.16. The van der Waals surface area contributed by atoms with Crippen LogP contribution in [0.15, 0.2) is 30.6 Å². The summed E-state index contributed by atoms with van der Waals surface area (Å²) < 4.78 is 1.84. The van der Waals surface area contributed by atoms with Crippen LogP contribution in [-0.2, 0) is 18.4 Å². The highest BCUT2D eigenvalue weighted by Gasteiger charge is 2.36. The minimum absolute atomic E-state index is 0.310. The molecule has 2 aromatic rings. The first-order valence-corrected chi connectivity index (χ1v) is 6.01. The van der Waals surface area contributed by atoms with E-state index in [0.717, 1.165) is 11.4 Å². The Bertz CT molecular complexity index is 688. The third-order valence-electron chi connectivity index (χ3n) is 3.35. The number of rotatable bonds is 2. The smallest absolute Gasteiger partial charge is 0.299 e. The second kappa shape index (κ2) is 4.05. The van der Waals surface area contributed by atoms with Crippen molar-refractivity contribution in [1.29, 1.82) is 0 Å². The van der Waals surface area contributed by atoms with Gasteiger partial charge in [-0.25, -0.2) is 4.98 Å². The molecule has 0 saturated carbocycles. The number of benzene rings is 1. The van der Waals surface area contributed by atoms with Crippen LogP contribution in [0.4, 0.5) is 5.69 Å². The Morgan fingerprint density at radius 3 is 2.74 bits per heavy atom. The lowest BCUT2D eigenvalue weighted by atomic mass is 10.1. The molecule has 19 heavy (non-hydrogen) atoms. The van der Waals surface area contributed by atoms with Crippen LogP contribution in [0.25, 0.3) is 0 Å². The van der Waals surface area contributed by atoms with Crippen LogP contribution in [0, 0.1) is 6.92 Å². The summed E-state index contributed by atoms with van der Waals surface area (Å²) in [6, 6.07) is 5.47. The van der Waals surface area contributed by atoms with Crippen molar-refractivity contribution in [3.05, 3.63) is 47.5 Å². The molecule has 5 nitrogen and oxygen atoms in total. The van der Waals surface area contributed by atoms with Crippen LogP contribution in [0.2, 0.25) is 0 Å². The molecule has 0 bridgehead atoms. The molecule has 5 heteroatoms. The number of aryl methyl sites for hydroxylation is 2. The molecule has 1 aromatic heterocycles. The van der Waals surface area contributed by atoms with Gasteiger partial charge in [-0.1, -0.05) is 11.6 Å². The fraction of sp³-hybridized carbons (Fsp3) is 0.214. The summed E-state index contributed by atoms with van der Waals surface area (Å²) in [4.78, 5) is 29.7. The zero-order valence-electron chi connectivity index (χ0n) is 10.8. The molecular formula is C14H13N3O2. The van der Waals surface area contributed by atoms with Gasteiger partial charge in [0.15, 0.2) is 0 Å². The first-order chi connectivity index (χ1) is 9.08. The Balaban J connectivity index is 2.02. The van der Waals surface area contributed by atoms with Gasteiger partial charge in [0, 0.05) is 19.4 Å². The number of imidazole rings is 1.